The molecule has 0 amide bonds. The predicted molar refractivity (Wildman–Crippen MR) is 74.9 cm³/mol. The van der Waals surface area contributed by atoms with Gasteiger partial charge in [-0.25, -0.2) is 4.99 Å². The second-order valence-electron chi connectivity index (χ2n) is 4.41. The molecular formula is C13H16INO. The van der Waals surface area contributed by atoms with E-state index in [2.05, 4.69) is 65.7 Å². The largest absolute Gasteiger partial charge is 0.478 e. The van der Waals surface area contributed by atoms with Gasteiger partial charge >= 0.3 is 0 Å². The van der Waals surface area contributed by atoms with Gasteiger partial charge < -0.3 is 4.74 Å². The molecule has 3 heteroatoms. The van der Waals surface area contributed by atoms with E-state index in [0.717, 1.165) is 18.9 Å². The maximum atomic E-state index is 5.63. The Labute approximate surface area is 110 Å². The Hall–Kier alpha value is -0.580. The van der Waals surface area contributed by atoms with Gasteiger partial charge in [0.2, 0.25) is 0 Å². The zero-order valence-electron chi connectivity index (χ0n) is 9.61. The second-order valence-corrected chi connectivity index (χ2v) is 5.58. The highest BCUT2D eigenvalue weighted by molar-refractivity contribution is 14.1. The zero-order chi connectivity index (χ0) is 11.5. The molecule has 0 N–H and O–H groups in total. The molecule has 2 rings (SSSR count). The molecule has 1 heterocycles. The van der Waals surface area contributed by atoms with Crippen LogP contribution in [0, 0.1) is 9.49 Å². The molecule has 1 aromatic rings. The van der Waals surface area contributed by atoms with Crippen molar-refractivity contribution in [2.45, 2.75) is 26.3 Å². The first-order chi connectivity index (χ1) is 7.66. The molecule has 0 aromatic heterocycles. The number of nitrogens with zero attached hydrogens (tertiary/aromatic N) is 1. The molecule has 1 aromatic carbocycles. The fourth-order valence-electron chi connectivity index (χ4n) is 1.68. The van der Waals surface area contributed by atoms with Crippen LogP contribution in [-0.4, -0.2) is 18.5 Å². The van der Waals surface area contributed by atoms with E-state index in [4.69, 9.17) is 4.74 Å². The van der Waals surface area contributed by atoms with Gasteiger partial charge in [0, 0.05) is 9.99 Å². The minimum absolute atomic E-state index is 0.344. The third-order valence-corrected chi connectivity index (χ3v) is 3.85. The molecule has 0 bridgehead atoms. The number of rotatable bonds is 3. The molecule has 1 aliphatic rings. The lowest BCUT2D eigenvalue weighted by atomic mass is 10.1. The standard InChI is InChI=1S/C13H16INO/c1-9(2)12-8-16-13(15-12)7-10-5-3-4-6-11(10)14/h3-6,9,12H,7-8H2,1-2H3/t12-/m0/s1. The average molecular weight is 329 g/mol. The molecule has 0 unspecified atom stereocenters. The molecule has 86 valence electrons. The summed E-state index contributed by atoms with van der Waals surface area (Å²) >= 11 is 2.35. The topological polar surface area (TPSA) is 21.6 Å². The van der Waals surface area contributed by atoms with E-state index in [-0.39, 0.29) is 0 Å². The summed E-state index contributed by atoms with van der Waals surface area (Å²) in [6.45, 7) is 5.12. The summed E-state index contributed by atoms with van der Waals surface area (Å²) in [5.74, 6) is 1.45. The molecule has 16 heavy (non-hydrogen) atoms. The van der Waals surface area contributed by atoms with Crippen LogP contribution in [0.4, 0.5) is 0 Å². The highest BCUT2D eigenvalue weighted by Crippen LogP contribution is 2.18. The number of halogens is 1. The molecule has 0 fully saturated rings. The van der Waals surface area contributed by atoms with Crippen LogP contribution in [0.15, 0.2) is 29.3 Å². The van der Waals surface area contributed by atoms with Crippen molar-refractivity contribution >= 4 is 28.5 Å². The first kappa shape index (κ1) is 11.9. The van der Waals surface area contributed by atoms with Crippen molar-refractivity contribution in [1.82, 2.24) is 0 Å². The first-order valence-corrected chi connectivity index (χ1v) is 6.67. The SMILES string of the molecule is CC(C)[C@@H]1COC(Cc2ccccc2I)=N1. The summed E-state index contributed by atoms with van der Waals surface area (Å²) in [4.78, 5) is 4.62. The monoisotopic (exact) mass is 329 g/mol. The Morgan fingerprint density at radius 1 is 1.44 bits per heavy atom. The third-order valence-electron chi connectivity index (χ3n) is 2.80. The average Bonchev–Trinajstić information content (AvgIpc) is 2.70. The van der Waals surface area contributed by atoms with Crippen molar-refractivity contribution in [3.8, 4) is 0 Å². The Bertz CT molecular complexity index is 401. The van der Waals surface area contributed by atoms with Gasteiger partial charge in [-0.2, -0.15) is 0 Å². The molecule has 0 aliphatic carbocycles. The summed E-state index contributed by atoms with van der Waals surface area (Å²) < 4.78 is 6.91. The predicted octanol–water partition coefficient (Wildman–Crippen LogP) is 3.29. The lowest BCUT2D eigenvalue weighted by molar-refractivity contribution is 0.287. The molecule has 0 saturated carbocycles. The quantitative estimate of drug-likeness (QED) is 0.780. The third kappa shape index (κ3) is 2.75. The van der Waals surface area contributed by atoms with E-state index in [9.17, 15) is 0 Å². The van der Waals surface area contributed by atoms with Gasteiger partial charge in [-0.3, -0.25) is 0 Å². The van der Waals surface area contributed by atoms with Gasteiger partial charge in [0.15, 0.2) is 5.90 Å². The molecule has 0 saturated heterocycles. The van der Waals surface area contributed by atoms with Gasteiger partial charge in [-0.1, -0.05) is 32.0 Å². The number of aliphatic imine (C=N–C) groups is 1. The Kier molecular flexibility index (Phi) is 3.84. The molecule has 1 atom stereocenters. The van der Waals surface area contributed by atoms with Crippen LogP contribution in [0.1, 0.15) is 19.4 Å². The number of hydrogen-bond donors (Lipinski definition) is 0. The minimum atomic E-state index is 0.344. The van der Waals surface area contributed by atoms with Crippen LogP contribution >= 0.6 is 22.6 Å². The minimum Gasteiger partial charge on any atom is -0.478 e. The highest BCUT2D eigenvalue weighted by atomic mass is 127. The Balaban J connectivity index is 2.07. The lowest BCUT2D eigenvalue weighted by Crippen LogP contribution is -2.13. The molecular weight excluding hydrogens is 313 g/mol. The van der Waals surface area contributed by atoms with E-state index in [1.54, 1.807) is 0 Å². The molecule has 2 nitrogen and oxygen atoms in total. The lowest BCUT2D eigenvalue weighted by Gasteiger charge is -2.06. The van der Waals surface area contributed by atoms with Crippen molar-refractivity contribution in [3.05, 3.63) is 33.4 Å². The highest BCUT2D eigenvalue weighted by Gasteiger charge is 2.21. The van der Waals surface area contributed by atoms with Crippen LogP contribution < -0.4 is 0 Å². The fourth-order valence-corrected chi connectivity index (χ4v) is 2.26. The van der Waals surface area contributed by atoms with Crippen molar-refractivity contribution in [1.29, 1.82) is 0 Å². The van der Waals surface area contributed by atoms with Crippen molar-refractivity contribution < 1.29 is 4.74 Å². The normalized spacial score (nSPS) is 19.8. The molecule has 0 spiro atoms. The fraction of sp³-hybridized carbons (Fsp3) is 0.462. The summed E-state index contributed by atoms with van der Waals surface area (Å²) in [5, 5.41) is 0. The van der Waals surface area contributed by atoms with Crippen LogP contribution in [0.3, 0.4) is 0 Å². The van der Waals surface area contributed by atoms with E-state index >= 15 is 0 Å². The number of ether oxygens (including phenoxy) is 1. The maximum Gasteiger partial charge on any atom is 0.188 e. The van der Waals surface area contributed by atoms with Gasteiger partial charge in [0.1, 0.15) is 6.61 Å². The zero-order valence-corrected chi connectivity index (χ0v) is 11.8. The summed E-state index contributed by atoms with van der Waals surface area (Å²) in [5.41, 5.74) is 1.30. The van der Waals surface area contributed by atoms with Crippen LogP contribution in [0.25, 0.3) is 0 Å². The summed E-state index contributed by atoms with van der Waals surface area (Å²) in [6, 6.07) is 8.71. The van der Waals surface area contributed by atoms with Gasteiger partial charge in [-0.15, -0.1) is 0 Å². The Morgan fingerprint density at radius 2 is 2.19 bits per heavy atom. The smallest absolute Gasteiger partial charge is 0.188 e. The number of hydrogen-bond acceptors (Lipinski definition) is 2. The number of benzene rings is 1. The first-order valence-electron chi connectivity index (χ1n) is 5.59. The summed E-state index contributed by atoms with van der Waals surface area (Å²) in [7, 11) is 0. The maximum absolute atomic E-state index is 5.63. The summed E-state index contributed by atoms with van der Waals surface area (Å²) in [6.07, 6.45) is 0.822. The second kappa shape index (κ2) is 5.17. The Morgan fingerprint density at radius 3 is 2.81 bits per heavy atom. The van der Waals surface area contributed by atoms with E-state index < -0.39 is 0 Å². The van der Waals surface area contributed by atoms with Crippen molar-refractivity contribution in [2.24, 2.45) is 10.9 Å². The van der Waals surface area contributed by atoms with Gasteiger partial charge in [-0.05, 0) is 40.1 Å². The van der Waals surface area contributed by atoms with Gasteiger partial charge in [0.25, 0.3) is 0 Å². The molecule has 1 aliphatic heterocycles. The van der Waals surface area contributed by atoms with E-state index in [1.807, 2.05) is 0 Å². The van der Waals surface area contributed by atoms with Crippen LogP contribution in [0.5, 0.6) is 0 Å². The van der Waals surface area contributed by atoms with E-state index in [0.29, 0.717) is 12.0 Å². The van der Waals surface area contributed by atoms with Crippen LogP contribution in [0.2, 0.25) is 0 Å². The van der Waals surface area contributed by atoms with Gasteiger partial charge in [0.05, 0.1) is 6.04 Å². The van der Waals surface area contributed by atoms with Crippen molar-refractivity contribution in [2.75, 3.05) is 6.61 Å². The van der Waals surface area contributed by atoms with Crippen LogP contribution in [-0.2, 0) is 11.2 Å². The van der Waals surface area contributed by atoms with Crippen molar-refractivity contribution in [3.63, 3.8) is 0 Å². The molecule has 0 radical (unpaired) electrons. The van der Waals surface area contributed by atoms with E-state index in [1.165, 1.54) is 9.13 Å².